The maximum Gasteiger partial charge on any atom is 0.306 e. The Morgan fingerprint density at radius 3 is 1.05 bits per heavy atom. The van der Waals surface area contributed by atoms with E-state index in [0.29, 0.717) is 19.3 Å². The molecule has 0 bridgehead atoms. The van der Waals surface area contributed by atoms with Gasteiger partial charge in [-0.15, -0.1) is 0 Å². The SMILES string of the molecule is CC/C=C\C/C=C\C/C=C\CCCCCC(=O)OC(COC(=O)CCCCCCC/C=C\C/C=C\CCC)COC(=O)CCCCCCCCCCCCCCCCCCCCC. The first-order chi connectivity index (χ1) is 31.0. The molecule has 0 aliphatic heterocycles. The van der Waals surface area contributed by atoms with Gasteiger partial charge >= 0.3 is 17.9 Å². The second-order valence-corrected chi connectivity index (χ2v) is 17.8. The molecule has 1 atom stereocenters. The predicted octanol–water partition coefficient (Wildman–Crippen LogP) is 17.6. The smallest absolute Gasteiger partial charge is 0.306 e. The van der Waals surface area contributed by atoms with Crippen LogP contribution in [0.5, 0.6) is 0 Å². The maximum atomic E-state index is 12.8. The van der Waals surface area contributed by atoms with E-state index in [1.807, 2.05) is 0 Å². The molecule has 0 aromatic rings. The Balaban J connectivity index is 4.35. The first kappa shape index (κ1) is 60.1. The minimum atomic E-state index is -0.792. The highest BCUT2D eigenvalue weighted by Crippen LogP contribution is 2.16. The van der Waals surface area contributed by atoms with Gasteiger partial charge in [0.1, 0.15) is 13.2 Å². The molecule has 63 heavy (non-hydrogen) atoms. The minimum Gasteiger partial charge on any atom is -0.462 e. The van der Waals surface area contributed by atoms with E-state index in [1.165, 1.54) is 109 Å². The normalized spacial score (nSPS) is 12.5. The Bertz CT molecular complexity index is 1150. The Hall–Kier alpha value is -2.89. The molecule has 364 valence electrons. The molecule has 0 N–H and O–H groups in total. The van der Waals surface area contributed by atoms with Crippen LogP contribution in [0, 0.1) is 0 Å². The Morgan fingerprint density at radius 1 is 0.333 bits per heavy atom. The molecule has 0 rings (SSSR count). The fourth-order valence-corrected chi connectivity index (χ4v) is 7.49. The zero-order valence-electron chi connectivity index (χ0n) is 41.6. The minimum absolute atomic E-state index is 0.0887. The molecule has 0 saturated heterocycles. The van der Waals surface area contributed by atoms with Gasteiger partial charge in [-0.3, -0.25) is 14.4 Å². The summed E-state index contributed by atoms with van der Waals surface area (Å²) in [5, 5.41) is 0. The molecule has 0 aromatic heterocycles. The van der Waals surface area contributed by atoms with Crippen molar-refractivity contribution < 1.29 is 28.6 Å². The predicted molar refractivity (Wildman–Crippen MR) is 270 cm³/mol. The molecular weight excluding hydrogens is 781 g/mol. The second-order valence-electron chi connectivity index (χ2n) is 17.8. The van der Waals surface area contributed by atoms with Crippen LogP contribution in [0.1, 0.15) is 265 Å². The first-order valence-electron chi connectivity index (χ1n) is 26.8. The van der Waals surface area contributed by atoms with Crippen molar-refractivity contribution in [1.82, 2.24) is 0 Å². The molecule has 0 aromatic carbocycles. The van der Waals surface area contributed by atoms with Gasteiger partial charge in [-0.2, -0.15) is 0 Å². The number of esters is 3. The van der Waals surface area contributed by atoms with E-state index in [9.17, 15) is 14.4 Å². The number of carbonyl (C=O) groups excluding carboxylic acids is 3. The third kappa shape index (κ3) is 50.0. The van der Waals surface area contributed by atoms with Crippen molar-refractivity contribution in [2.24, 2.45) is 0 Å². The first-order valence-corrected chi connectivity index (χ1v) is 26.8. The van der Waals surface area contributed by atoms with E-state index in [1.54, 1.807) is 0 Å². The third-order valence-electron chi connectivity index (χ3n) is 11.5. The van der Waals surface area contributed by atoms with Crippen LogP contribution in [0.2, 0.25) is 0 Å². The average Bonchev–Trinajstić information content (AvgIpc) is 3.28. The molecule has 0 spiro atoms. The van der Waals surface area contributed by atoms with E-state index in [4.69, 9.17) is 14.2 Å². The third-order valence-corrected chi connectivity index (χ3v) is 11.5. The Labute approximate surface area is 390 Å². The molecular formula is C57H100O6. The largest absolute Gasteiger partial charge is 0.462 e. The van der Waals surface area contributed by atoms with Gasteiger partial charge in [0.2, 0.25) is 0 Å². The molecule has 0 aliphatic rings. The average molecular weight is 881 g/mol. The van der Waals surface area contributed by atoms with Crippen molar-refractivity contribution in [3.8, 4) is 0 Å². The van der Waals surface area contributed by atoms with Crippen molar-refractivity contribution in [3.63, 3.8) is 0 Å². The van der Waals surface area contributed by atoms with Crippen LogP contribution in [0.4, 0.5) is 0 Å². The molecule has 0 amide bonds. The molecule has 0 radical (unpaired) electrons. The molecule has 0 saturated carbocycles. The number of unbranched alkanes of at least 4 members (excludes halogenated alkanes) is 27. The van der Waals surface area contributed by atoms with Crippen LogP contribution in [0.3, 0.4) is 0 Å². The van der Waals surface area contributed by atoms with Crippen molar-refractivity contribution >= 4 is 17.9 Å². The lowest BCUT2D eigenvalue weighted by molar-refractivity contribution is -0.167. The number of allylic oxidation sites excluding steroid dienone is 10. The number of rotatable bonds is 48. The van der Waals surface area contributed by atoms with Gasteiger partial charge in [0.15, 0.2) is 6.10 Å². The number of hydrogen-bond acceptors (Lipinski definition) is 6. The summed E-state index contributed by atoms with van der Waals surface area (Å²) in [6.07, 6.45) is 63.6. The summed E-state index contributed by atoms with van der Waals surface area (Å²) < 4.78 is 16.8. The molecule has 0 fully saturated rings. The fraction of sp³-hybridized carbons (Fsp3) is 0.772. The molecule has 1 unspecified atom stereocenters. The van der Waals surface area contributed by atoms with Gasteiger partial charge < -0.3 is 14.2 Å². The number of hydrogen-bond donors (Lipinski definition) is 0. The standard InChI is InChI=1S/C57H100O6/c1-4-7-10-13-16-19-22-25-26-27-28-29-30-33-35-38-41-44-47-50-56(59)62-53-54(63-57(60)51-48-45-42-39-36-32-24-21-18-15-12-9-6-3)52-61-55(58)49-46-43-40-37-34-31-23-20-17-14-11-8-5-2/h9,11-12,14,18,20-21,23,32,36,54H,4-8,10,13,15-17,19,22,24-31,33-35,37-53H2,1-3H3/b12-9-,14-11-,21-18-,23-20-,36-32-. The van der Waals surface area contributed by atoms with Crippen LogP contribution in [-0.4, -0.2) is 37.2 Å². The van der Waals surface area contributed by atoms with E-state index in [2.05, 4.69) is 81.5 Å². The topological polar surface area (TPSA) is 78.9 Å². The molecule has 0 aliphatic carbocycles. The summed E-state index contributed by atoms with van der Waals surface area (Å²) in [5.41, 5.74) is 0. The van der Waals surface area contributed by atoms with Crippen molar-refractivity contribution in [2.75, 3.05) is 13.2 Å². The van der Waals surface area contributed by atoms with Crippen LogP contribution in [0.15, 0.2) is 60.8 Å². The summed E-state index contributed by atoms with van der Waals surface area (Å²) in [4.78, 5) is 38.0. The van der Waals surface area contributed by atoms with Gasteiger partial charge in [0.05, 0.1) is 0 Å². The summed E-state index contributed by atoms with van der Waals surface area (Å²) in [6.45, 7) is 6.44. The fourth-order valence-electron chi connectivity index (χ4n) is 7.49. The number of ether oxygens (including phenoxy) is 3. The van der Waals surface area contributed by atoms with Gasteiger partial charge in [0, 0.05) is 19.3 Å². The van der Waals surface area contributed by atoms with Crippen LogP contribution in [0.25, 0.3) is 0 Å². The van der Waals surface area contributed by atoms with Crippen molar-refractivity contribution in [1.29, 1.82) is 0 Å². The molecule has 0 heterocycles. The van der Waals surface area contributed by atoms with Crippen molar-refractivity contribution in [3.05, 3.63) is 60.8 Å². The van der Waals surface area contributed by atoms with E-state index >= 15 is 0 Å². The van der Waals surface area contributed by atoms with Crippen LogP contribution >= 0.6 is 0 Å². The highest BCUT2D eigenvalue weighted by atomic mass is 16.6. The van der Waals surface area contributed by atoms with Crippen molar-refractivity contribution in [2.45, 2.75) is 271 Å². The lowest BCUT2D eigenvalue weighted by Crippen LogP contribution is -2.30. The quantitative estimate of drug-likeness (QED) is 0.0262. The zero-order valence-corrected chi connectivity index (χ0v) is 41.6. The molecule has 6 heteroatoms. The monoisotopic (exact) mass is 881 g/mol. The maximum absolute atomic E-state index is 12.8. The number of carbonyl (C=O) groups is 3. The van der Waals surface area contributed by atoms with Crippen LogP contribution < -0.4 is 0 Å². The van der Waals surface area contributed by atoms with Gasteiger partial charge in [-0.25, -0.2) is 0 Å². The Morgan fingerprint density at radius 2 is 0.651 bits per heavy atom. The van der Waals surface area contributed by atoms with E-state index < -0.39 is 6.10 Å². The van der Waals surface area contributed by atoms with Gasteiger partial charge in [-0.05, 0) is 77.0 Å². The lowest BCUT2D eigenvalue weighted by atomic mass is 10.0. The van der Waals surface area contributed by atoms with Gasteiger partial charge in [-0.1, -0.05) is 229 Å². The second kappa shape index (κ2) is 51.7. The van der Waals surface area contributed by atoms with Crippen LogP contribution in [-0.2, 0) is 28.6 Å². The summed E-state index contributed by atoms with van der Waals surface area (Å²) in [6, 6.07) is 0. The summed E-state index contributed by atoms with van der Waals surface area (Å²) >= 11 is 0. The Kier molecular flexibility index (Phi) is 49.4. The highest BCUT2D eigenvalue weighted by molar-refractivity contribution is 5.71. The van der Waals surface area contributed by atoms with Gasteiger partial charge in [0.25, 0.3) is 0 Å². The summed E-state index contributed by atoms with van der Waals surface area (Å²) in [7, 11) is 0. The molecule has 6 nitrogen and oxygen atoms in total. The zero-order chi connectivity index (χ0) is 45.8. The van der Waals surface area contributed by atoms with E-state index in [-0.39, 0.29) is 31.1 Å². The highest BCUT2D eigenvalue weighted by Gasteiger charge is 2.19. The van der Waals surface area contributed by atoms with E-state index in [0.717, 1.165) is 116 Å². The lowest BCUT2D eigenvalue weighted by Gasteiger charge is -2.18. The summed E-state index contributed by atoms with van der Waals surface area (Å²) in [5.74, 6) is -0.926.